The molecule has 0 unspecified atom stereocenters. The van der Waals surface area contributed by atoms with E-state index in [2.05, 4.69) is 311 Å². The molecule has 0 atom stereocenters. The number of hydrogen-bond acceptors (Lipinski definition) is 3. The van der Waals surface area contributed by atoms with E-state index in [0.717, 1.165) is 23.2 Å². The lowest BCUT2D eigenvalue weighted by molar-refractivity contribution is 0.0900. The summed E-state index contributed by atoms with van der Waals surface area (Å²) in [6, 6.07) is 101. The Bertz CT molecular complexity index is 5150. The van der Waals surface area contributed by atoms with Gasteiger partial charge in [-0.25, -0.2) is 0 Å². The van der Waals surface area contributed by atoms with Crippen LogP contribution in [0.3, 0.4) is 0 Å². The Kier molecular flexibility index (Phi) is 11.8. The van der Waals surface area contributed by atoms with Crippen molar-refractivity contribution in [3.8, 4) is 44.5 Å². The van der Waals surface area contributed by atoms with Crippen molar-refractivity contribution in [3.63, 3.8) is 0 Å². The van der Waals surface area contributed by atoms with Gasteiger partial charge in [-0.3, -0.25) is 0 Å². The van der Waals surface area contributed by atoms with Crippen molar-refractivity contribution < 1.29 is 0 Å². The average molecular weight is 1220 g/mol. The van der Waals surface area contributed by atoms with Crippen molar-refractivity contribution in [3.05, 3.63) is 266 Å². The van der Waals surface area contributed by atoms with Crippen molar-refractivity contribution in [2.24, 2.45) is 11.8 Å². The number of rotatable bonds is 7. The first-order valence-electron chi connectivity index (χ1n) is 34.9. The average Bonchev–Trinajstić information content (AvgIpc) is 0.697. The molecule has 0 radical (unpaired) electrons. The lowest BCUT2D eigenvalue weighted by atomic mass is 9.33. The van der Waals surface area contributed by atoms with Gasteiger partial charge >= 0.3 is 0 Å². The van der Waals surface area contributed by atoms with Crippen molar-refractivity contribution in [2.75, 3.05) is 14.7 Å². The van der Waals surface area contributed by atoms with Crippen molar-refractivity contribution in [1.82, 2.24) is 0 Å². The molecular formula is C91H74BN3. The molecule has 4 fully saturated rings. The molecule has 2 saturated heterocycles. The Morgan fingerprint density at radius 1 is 0.284 bits per heavy atom. The highest BCUT2D eigenvalue weighted by atomic mass is 15.2. The molecule has 456 valence electrons. The van der Waals surface area contributed by atoms with Crippen molar-refractivity contribution >= 4 is 128 Å². The summed E-state index contributed by atoms with van der Waals surface area (Å²) in [6.45, 7) is 13.8. The fraction of sp³-hybridized carbons (Fsp3) is 0.187. The van der Waals surface area contributed by atoms with E-state index in [1.54, 1.807) is 0 Å². The summed E-state index contributed by atoms with van der Waals surface area (Å²) >= 11 is 0. The summed E-state index contributed by atoms with van der Waals surface area (Å²) in [6.07, 6.45) is 6.57. The fourth-order valence-corrected chi connectivity index (χ4v) is 18.8. The molecule has 4 heterocycles. The Morgan fingerprint density at radius 3 is 0.958 bits per heavy atom. The van der Waals surface area contributed by atoms with Crippen LogP contribution >= 0.6 is 0 Å². The summed E-state index contributed by atoms with van der Waals surface area (Å²) in [5, 5.41) is 15.8. The maximum atomic E-state index is 2.93. The molecule has 2 aliphatic carbocycles. The van der Waals surface area contributed by atoms with Gasteiger partial charge in [-0.2, -0.15) is 0 Å². The monoisotopic (exact) mass is 1220 g/mol. The normalized spacial score (nSPS) is 18.1. The van der Waals surface area contributed by atoms with Crippen LogP contribution < -0.4 is 31.1 Å². The SMILES string of the molecule is CC(C)(C)c1cc2ccc3cc(-c4ccc5c(c4)B4c6cc(-c7cc8ccc9cc(C(C)(C)C)cc%10ccc(c7)c8c9%10)ccc6N(c6ccc(-c7ccccc7)cc6)c6cc(N7C8CC9CC(C8)CC7C9)cc(c64)N5c4ccc(-c5ccccc5)cc4)cc4ccc(c1)c2c34. The predicted octanol–water partition coefficient (Wildman–Crippen LogP) is 22.6. The summed E-state index contributed by atoms with van der Waals surface area (Å²) < 4.78 is 0. The van der Waals surface area contributed by atoms with E-state index in [0.29, 0.717) is 12.1 Å². The third-order valence-corrected chi connectivity index (χ3v) is 23.2. The van der Waals surface area contributed by atoms with E-state index >= 15 is 0 Å². The fourth-order valence-electron chi connectivity index (χ4n) is 18.8. The number of fused-ring (bicyclic) bond motifs is 4. The standard InChI is InChI=1S/C91H74BN3/c1-90(2,3)72-46-66-21-17-62-42-70(43-63-18-22-67(47-72)87(66)85(62)63)60-29-35-81-79(50-60)92-80-51-61(71-44-64-19-23-68-48-73(91(4,5)6)49-69-24-20-65(45-71)86(64)88(68)69)30-36-82(80)95(75-33-27-59(28-34-75)57-15-11-8-12-16-57)84-53-78(93-76-38-54-37-55(40-76)41-77(93)39-54)52-83(89(84)92)94(81)74-31-25-58(26-32-74)56-13-9-7-10-14-56/h7-36,42-55,76-77H,37-41H2,1-6H3. The second-order valence-corrected chi connectivity index (χ2v) is 31.0. The summed E-state index contributed by atoms with van der Waals surface area (Å²) in [5.74, 6) is 1.67. The van der Waals surface area contributed by atoms with Crippen LogP contribution in [0.5, 0.6) is 0 Å². The minimum absolute atomic E-state index is 0.0513. The molecule has 4 heteroatoms. The van der Waals surface area contributed by atoms with Crippen LogP contribution in [0.25, 0.3) is 109 Å². The maximum Gasteiger partial charge on any atom is 0.252 e. The molecule has 95 heavy (non-hydrogen) atoms. The second kappa shape index (κ2) is 20.2. The lowest BCUT2D eigenvalue weighted by Gasteiger charge is -2.58. The second-order valence-electron chi connectivity index (χ2n) is 31.0. The quantitative estimate of drug-likeness (QED) is 0.116. The number of benzene rings is 15. The van der Waals surface area contributed by atoms with Crippen LogP contribution in [0.2, 0.25) is 0 Å². The van der Waals surface area contributed by atoms with Gasteiger partial charge in [0.15, 0.2) is 0 Å². The van der Waals surface area contributed by atoms with Gasteiger partial charge in [-0.1, -0.05) is 224 Å². The number of nitrogens with zero attached hydrogens (tertiary/aromatic N) is 3. The smallest absolute Gasteiger partial charge is 0.252 e. The van der Waals surface area contributed by atoms with Crippen LogP contribution in [0.1, 0.15) is 84.8 Å². The molecule has 0 spiro atoms. The third kappa shape index (κ3) is 8.58. The molecule has 0 aromatic heterocycles. The molecule has 0 amide bonds. The van der Waals surface area contributed by atoms with E-state index in [1.807, 2.05) is 0 Å². The maximum absolute atomic E-state index is 2.93. The summed E-state index contributed by atoms with van der Waals surface area (Å²) in [7, 11) is 0. The first-order chi connectivity index (χ1) is 46.3. The zero-order chi connectivity index (χ0) is 63.3. The predicted molar refractivity (Wildman–Crippen MR) is 407 cm³/mol. The van der Waals surface area contributed by atoms with Gasteiger partial charge < -0.3 is 14.7 Å². The molecule has 3 nitrogen and oxygen atoms in total. The summed E-state index contributed by atoms with van der Waals surface area (Å²) in [5.41, 5.74) is 25.3. The van der Waals surface area contributed by atoms with Crippen LogP contribution in [0, 0.1) is 11.8 Å². The van der Waals surface area contributed by atoms with E-state index < -0.39 is 0 Å². The van der Waals surface area contributed by atoms with Crippen LogP contribution in [0.4, 0.5) is 39.8 Å². The molecule has 6 aliphatic rings. The molecule has 4 bridgehead atoms. The zero-order valence-corrected chi connectivity index (χ0v) is 55.0. The first-order valence-corrected chi connectivity index (χ1v) is 34.9. The molecule has 4 aliphatic heterocycles. The van der Waals surface area contributed by atoms with Gasteiger partial charge in [0.1, 0.15) is 0 Å². The molecular weight excluding hydrogens is 1150 g/mol. The van der Waals surface area contributed by atoms with Gasteiger partial charge in [0, 0.05) is 51.9 Å². The minimum atomic E-state index is -0.114. The van der Waals surface area contributed by atoms with Gasteiger partial charge in [0.05, 0.1) is 0 Å². The zero-order valence-electron chi connectivity index (χ0n) is 55.0. The van der Waals surface area contributed by atoms with Crippen LogP contribution in [-0.4, -0.2) is 18.8 Å². The van der Waals surface area contributed by atoms with E-state index in [9.17, 15) is 0 Å². The van der Waals surface area contributed by atoms with Gasteiger partial charge in [0.2, 0.25) is 0 Å². The highest BCUT2D eigenvalue weighted by Gasteiger charge is 2.49. The van der Waals surface area contributed by atoms with Crippen LogP contribution in [0.15, 0.2) is 255 Å². The van der Waals surface area contributed by atoms with E-state index in [4.69, 9.17) is 0 Å². The van der Waals surface area contributed by atoms with Crippen LogP contribution in [-0.2, 0) is 10.8 Å². The highest BCUT2D eigenvalue weighted by Crippen LogP contribution is 2.54. The molecule has 15 aromatic carbocycles. The molecule has 2 saturated carbocycles. The van der Waals surface area contributed by atoms with E-state index in [-0.39, 0.29) is 17.5 Å². The third-order valence-electron chi connectivity index (χ3n) is 23.2. The van der Waals surface area contributed by atoms with Gasteiger partial charge in [-0.05, 0) is 264 Å². The Balaban J connectivity index is 0.837. The number of anilines is 7. The Morgan fingerprint density at radius 2 is 0.611 bits per heavy atom. The number of hydrogen-bond donors (Lipinski definition) is 0. The molecule has 21 rings (SSSR count). The number of piperidine rings is 2. The minimum Gasteiger partial charge on any atom is -0.365 e. The largest absolute Gasteiger partial charge is 0.365 e. The van der Waals surface area contributed by atoms with Crippen molar-refractivity contribution in [1.29, 1.82) is 0 Å². The summed E-state index contributed by atoms with van der Waals surface area (Å²) in [4.78, 5) is 8.24. The van der Waals surface area contributed by atoms with E-state index in [1.165, 1.54) is 197 Å². The Hall–Kier alpha value is -10.2. The Labute approximate surface area is 557 Å². The molecule has 0 N–H and O–H groups in total. The highest BCUT2D eigenvalue weighted by molar-refractivity contribution is 7.00. The van der Waals surface area contributed by atoms with Gasteiger partial charge in [-0.15, -0.1) is 0 Å². The van der Waals surface area contributed by atoms with Gasteiger partial charge in [0.25, 0.3) is 6.71 Å². The molecule has 15 aromatic rings. The topological polar surface area (TPSA) is 9.72 Å². The first kappa shape index (κ1) is 55.3. The lowest BCUT2D eigenvalue weighted by Crippen LogP contribution is -2.62. The van der Waals surface area contributed by atoms with Crippen molar-refractivity contribution in [2.45, 2.75) is 96.6 Å².